The summed E-state index contributed by atoms with van der Waals surface area (Å²) in [6, 6.07) is 9.08. The van der Waals surface area contributed by atoms with Crippen LogP contribution in [0.15, 0.2) is 36.4 Å². The molecule has 0 unspecified atom stereocenters. The molecule has 0 amide bonds. The Morgan fingerprint density at radius 3 is 2.35 bits per heavy atom. The van der Waals surface area contributed by atoms with Crippen molar-refractivity contribution >= 4 is 33.4 Å². The zero-order valence-electron chi connectivity index (χ0n) is 13.4. The van der Waals surface area contributed by atoms with Gasteiger partial charge in [-0.2, -0.15) is 0 Å². The van der Waals surface area contributed by atoms with Gasteiger partial charge in [-0.3, -0.25) is 20.2 Å². The minimum Gasteiger partial charge on any atom is -0.342 e. The first kappa shape index (κ1) is 15.7. The molecule has 0 aliphatic rings. The predicted octanol–water partition coefficient (Wildman–Crippen LogP) is 2.46. The molecule has 4 rings (SSSR count). The zero-order valence-corrected chi connectivity index (χ0v) is 13.4. The number of nitro groups is 2. The average Bonchev–Trinajstić information content (AvgIpc) is 3.21. The van der Waals surface area contributed by atoms with Crippen molar-refractivity contribution in [3.63, 3.8) is 0 Å². The van der Waals surface area contributed by atoms with Crippen molar-refractivity contribution in [1.82, 2.24) is 15.0 Å². The summed E-state index contributed by atoms with van der Waals surface area (Å²) in [5, 5.41) is 21.7. The number of nitrogens with one attached hydrogen (secondary N) is 3. The van der Waals surface area contributed by atoms with Gasteiger partial charge in [0.25, 0.3) is 17.2 Å². The van der Waals surface area contributed by atoms with Crippen LogP contribution in [0, 0.1) is 20.2 Å². The summed E-state index contributed by atoms with van der Waals surface area (Å²) in [5.74, 6) is 1.52. The van der Waals surface area contributed by atoms with E-state index in [9.17, 15) is 20.2 Å². The molecule has 0 aliphatic carbocycles. The van der Waals surface area contributed by atoms with E-state index in [1.807, 2.05) is 0 Å². The van der Waals surface area contributed by atoms with Gasteiger partial charge in [-0.25, -0.2) is 15.0 Å². The van der Waals surface area contributed by atoms with E-state index in [4.69, 9.17) is 0 Å². The second-order valence-corrected chi connectivity index (χ2v) is 5.86. The molecule has 0 fully saturated rings. The molecule has 0 bridgehead atoms. The van der Waals surface area contributed by atoms with E-state index in [-0.39, 0.29) is 11.4 Å². The summed E-state index contributed by atoms with van der Waals surface area (Å²) in [4.78, 5) is 34.6. The van der Waals surface area contributed by atoms with Crippen LogP contribution in [0.25, 0.3) is 22.1 Å². The van der Waals surface area contributed by atoms with Crippen LogP contribution in [-0.2, 0) is 12.8 Å². The van der Waals surface area contributed by atoms with Crippen molar-refractivity contribution in [2.24, 2.45) is 0 Å². The van der Waals surface area contributed by atoms with Gasteiger partial charge in [0.2, 0.25) is 0 Å². The average molecular weight is 353 g/mol. The largest absolute Gasteiger partial charge is 0.342 e. The second-order valence-electron chi connectivity index (χ2n) is 5.86. The van der Waals surface area contributed by atoms with Crippen molar-refractivity contribution in [1.29, 1.82) is 0 Å². The quantitative estimate of drug-likeness (QED) is 0.418. The number of aromatic nitrogens is 4. The van der Waals surface area contributed by atoms with Crippen LogP contribution in [0.5, 0.6) is 0 Å². The summed E-state index contributed by atoms with van der Waals surface area (Å²) in [6.45, 7) is 0. The smallest absolute Gasteiger partial charge is 0.273 e. The Kier molecular flexibility index (Phi) is 3.57. The van der Waals surface area contributed by atoms with E-state index in [1.165, 1.54) is 24.3 Å². The van der Waals surface area contributed by atoms with Crippen LogP contribution in [0.3, 0.4) is 0 Å². The van der Waals surface area contributed by atoms with Crippen molar-refractivity contribution in [3.8, 4) is 0 Å². The fourth-order valence-electron chi connectivity index (χ4n) is 2.87. The molecular formula is C16H13N6O4+. The minimum absolute atomic E-state index is 0.0123. The number of nitro benzene ring substituents is 2. The number of nitrogens with zero attached hydrogens (tertiary/aromatic N) is 3. The summed E-state index contributed by atoms with van der Waals surface area (Å²) in [5.41, 5.74) is 2.77. The zero-order chi connectivity index (χ0) is 18.3. The van der Waals surface area contributed by atoms with Gasteiger partial charge in [-0.15, -0.1) is 0 Å². The standard InChI is InChI=1S/C16H12N6O4/c23-21(24)9-1-3-11-13(7-9)19-15(17-11)5-6-16-18-12-4-2-10(22(25)26)8-14(12)20-16/h1-4,7-8H,5-6H2,(H,17,19)(H,18,20)/p+1. The Morgan fingerprint density at radius 1 is 0.923 bits per heavy atom. The first-order chi connectivity index (χ1) is 12.5. The second kappa shape index (κ2) is 5.92. The van der Waals surface area contributed by atoms with Crippen molar-refractivity contribution in [2.75, 3.05) is 0 Å². The maximum absolute atomic E-state index is 10.8. The molecule has 0 aliphatic heterocycles. The number of hydrogen-bond donors (Lipinski definition) is 2. The Hall–Kier alpha value is -3.82. The number of fused-ring (bicyclic) bond motifs is 2. The molecule has 3 N–H and O–H groups in total. The van der Waals surface area contributed by atoms with Crippen LogP contribution in [0.2, 0.25) is 0 Å². The molecule has 10 heteroatoms. The molecular weight excluding hydrogens is 340 g/mol. The molecule has 0 spiro atoms. The summed E-state index contributed by atoms with van der Waals surface area (Å²) in [6.07, 6.45) is 1.18. The SMILES string of the molecule is O=[N+]([O-])c1ccc2nc(CCc3[nH]c4cc([N+](=O)[O-])ccc4[nH+]3)[nH]c2c1. The van der Waals surface area contributed by atoms with Gasteiger partial charge < -0.3 is 4.98 Å². The third kappa shape index (κ3) is 2.83. The lowest BCUT2D eigenvalue weighted by Gasteiger charge is -1.90. The van der Waals surface area contributed by atoms with Crippen LogP contribution in [0.1, 0.15) is 11.6 Å². The number of hydrogen-bond acceptors (Lipinski definition) is 5. The number of benzene rings is 2. The monoisotopic (exact) mass is 353 g/mol. The molecule has 0 radical (unpaired) electrons. The molecule has 2 aromatic heterocycles. The lowest BCUT2D eigenvalue weighted by molar-refractivity contribution is -0.385. The van der Waals surface area contributed by atoms with Gasteiger partial charge in [0.15, 0.2) is 11.0 Å². The number of H-pyrrole nitrogens is 3. The van der Waals surface area contributed by atoms with Gasteiger partial charge in [-0.1, -0.05) is 0 Å². The van der Waals surface area contributed by atoms with E-state index in [2.05, 4.69) is 19.9 Å². The molecule has 0 saturated carbocycles. The summed E-state index contributed by atoms with van der Waals surface area (Å²) >= 11 is 0. The summed E-state index contributed by atoms with van der Waals surface area (Å²) in [7, 11) is 0. The lowest BCUT2D eigenvalue weighted by Crippen LogP contribution is -2.08. The van der Waals surface area contributed by atoms with Crippen LogP contribution >= 0.6 is 0 Å². The van der Waals surface area contributed by atoms with Crippen LogP contribution < -0.4 is 4.98 Å². The van der Waals surface area contributed by atoms with E-state index in [1.54, 1.807) is 12.1 Å². The molecule has 130 valence electrons. The summed E-state index contributed by atoms with van der Waals surface area (Å²) < 4.78 is 0. The van der Waals surface area contributed by atoms with Crippen LogP contribution in [0.4, 0.5) is 11.4 Å². The maximum atomic E-state index is 10.8. The van der Waals surface area contributed by atoms with E-state index in [0.717, 1.165) is 11.3 Å². The third-order valence-electron chi connectivity index (χ3n) is 4.12. The van der Waals surface area contributed by atoms with Crippen molar-refractivity contribution in [2.45, 2.75) is 12.8 Å². The highest BCUT2D eigenvalue weighted by atomic mass is 16.6. The van der Waals surface area contributed by atoms with E-state index >= 15 is 0 Å². The molecule has 0 saturated heterocycles. The van der Waals surface area contributed by atoms with Gasteiger partial charge in [0, 0.05) is 24.6 Å². The third-order valence-corrected chi connectivity index (χ3v) is 4.12. The number of aromatic amines is 3. The van der Waals surface area contributed by atoms with E-state index in [0.29, 0.717) is 35.2 Å². The first-order valence-electron chi connectivity index (χ1n) is 7.81. The highest BCUT2D eigenvalue weighted by molar-refractivity contribution is 5.77. The van der Waals surface area contributed by atoms with Crippen molar-refractivity contribution in [3.05, 3.63) is 68.3 Å². The Labute approximate surface area is 145 Å². The number of non-ortho nitro benzene ring substituents is 2. The maximum Gasteiger partial charge on any atom is 0.273 e. The minimum atomic E-state index is -0.446. The molecule has 0 atom stereocenters. The number of rotatable bonds is 5. The highest BCUT2D eigenvalue weighted by Crippen LogP contribution is 2.20. The fourth-order valence-corrected chi connectivity index (χ4v) is 2.87. The molecule has 26 heavy (non-hydrogen) atoms. The van der Waals surface area contributed by atoms with Crippen molar-refractivity contribution < 1.29 is 14.8 Å². The molecule has 2 heterocycles. The lowest BCUT2D eigenvalue weighted by atomic mass is 10.3. The van der Waals surface area contributed by atoms with E-state index < -0.39 is 9.85 Å². The highest BCUT2D eigenvalue weighted by Gasteiger charge is 2.15. The Morgan fingerprint density at radius 2 is 1.62 bits per heavy atom. The molecule has 2 aromatic carbocycles. The predicted molar refractivity (Wildman–Crippen MR) is 91.7 cm³/mol. The fraction of sp³-hybridized carbons (Fsp3) is 0.125. The number of imidazole rings is 2. The Balaban J connectivity index is 1.54. The van der Waals surface area contributed by atoms with Crippen LogP contribution in [-0.4, -0.2) is 24.8 Å². The number of aryl methyl sites for hydroxylation is 2. The first-order valence-corrected chi connectivity index (χ1v) is 7.81. The Bertz CT molecular complexity index is 1070. The van der Waals surface area contributed by atoms with Gasteiger partial charge in [0.1, 0.15) is 5.82 Å². The van der Waals surface area contributed by atoms with Gasteiger partial charge in [-0.05, 0) is 12.1 Å². The van der Waals surface area contributed by atoms with Gasteiger partial charge in [0.05, 0.1) is 33.4 Å². The normalized spacial score (nSPS) is 11.2. The topological polar surface area (TPSA) is 145 Å². The molecule has 4 aromatic rings. The van der Waals surface area contributed by atoms with Gasteiger partial charge >= 0.3 is 0 Å². The molecule has 10 nitrogen and oxygen atoms in total.